The van der Waals surface area contributed by atoms with Crippen LogP contribution >= 0.6 is 0 Å². The van der Waals surface area contributed by atoms with Gasteiger partial charge in [0.15, 0.2) is 0 Å². The zero-order valence-electron chi connectivity index (χ0n) is 12.1. The van der Waals surface area contributed by atoms with Gasteiger partial charge in [0.2, 0.25) is 0 Å². The first kappa shape index (κ1) is 14.3. The highest BCUT2D eigenvalue weighted by atomic mass is 14.4. The normalized spacial score (nSPS) is 25.6. The summed E-state index contributed by atoms with van der Waals surface area (Å²) in [5.74, 6) is 0. The van der Waals surface area contributed by atoms with Gasteiger partial charge in [0.25, 0.3) is 0 Å². The molecule has 1 unspecified atom stereocenters. The van der Waals surface area contributed by atoms with Gasteiger partial charge in [-0.25, -0.2) is 0 Å². The van der Waals surface area contributed by atoms with E-state index < -0.39 is 0 Å². The van der Waals surface area contributed by atoms with Crippen molar-refractivity contribution in [2.24, 2.45) is 5.41 Å². The highest BCUT2D eigenvalue weighted by Crippen LogP contribution is 2.46. The number of unbranched alkanes of at least 4 members (excludes halogenated alkanes) is 2. The SMILES string of the molecule is C=C(C)C1(C(C)=CCCCC)CC=C(C)CC1. The Morgan fingerprint density at radius 3 is 2.65 bits per heavy atom. The van der Waals surface area contributed by atoms with Gasteiger partial charge in [-0.1, -0.05) is 55.2 Å². The molecule has 0 aliphatic heterocycles. The van der Waals surface area contributed by atoms with Crippen molar-refractivity contribution in [2.45, 2.75) is 66.2 Å². The summed E-state index contributed by atoms with van der Waals surface area (Å²) in [5, 5.41) is 0. The molecule has 0 fully saturated rings. The fourth-order valence-electron chi connectivity index (χ4n) is 2.76. The summed E-state index contributed by atoms with van der Waals surface area (Å²) in [6.45, 7) is 13.3. The first-order valence-corrected chi connectivity index (χ1v) is 7.02. The van der Waals surface area contributed by atoms with Crippen LogP contribution in [0.5, 0.6) is 0 Å². The maximum absolute atomic E-state index is 4.26. The topological polar surface area (TPSA) is 0 Å². The molecule has 0 saturated heterocycles. The second kappa shape index (κ2) is 6.23. The molecule has 0 aromatic heterocycles. The van der Waals surface area contributed by atoms with Crippen LogP contribution in [0.2, 0.25) is 0 Å². The van der Waals surface area contributed by atoms with Crippen molar-refractivity contribution < 1.29 is 0 Å². The van der Waals surface area contributed by atoms with Crippen LogP contribution in [0.1, 0.15) is 66.2 Å². The molecular weight excluding hydrogens is 204 g/mol. The van der Waals surface area contributed by atoms with E-state index in [0.717, 1.165) is 6.42 Å². The van der Waals surface area contributed by atoms with Crippen molar-refractivity contribution in [3.8, 4) is 0 Å². The largest absolute Gasteiger partial charge is 0.0992 e. The molecule has 0 aromatic carbocycles. The quantitative estimate of drug-likeness (QED) is 0.414. The highest BCUT2D eigenvalue weighted by molar-refractivity contribution is 5.30. The van der Waals surface area contributed by atoms with E-state index in [1.54, 1.807) is 11.1 Å². The summed E-state index contributed by atoms with van der Waals surface area (Å²) in [6.07, 6.45) is 12.3. The highest BCUT2D eigenvalue weighted by Gasteiger charge is 2.33. The van der Waals surface area contributed by atoms with E-state index in [0.29, 0.717) is 0 Å². The second-order valence-electron chi connectivity index (χ2n) is 5.65. The van der Waals surface area contributed by atoms with E-state index in [1.807, 2.05) is 0 Å². The molecule has 0 bridgehead atoms. The molecule has 17 heavy (non-hydrogen) atoms. The minimum atomic E-state index is 0.257. The van der Waals surface area contributed by atoms with Crippen molar-refractivity contribution in [1.29, 1.82) is 0 Å². The molecule has 1 aliphatic rings. The average Bonchev–Trinajstić information content (AvgIpc) is 2.30. The molecule has 0 heteroatoms. The maximum Gasteiger partial charge on any atom is 0.0150 e. The van der Waals surface area contributed by atoms with Crippen LogP contribution in [0.3, 0.4) is 0 Å². The van der Waals surface area contributed by atoms with Gasteiger partial charge in [0, 0.05) is 5.41 Å². The predicted molar refractivity (Wildman–Crippen MR) is 78.1 cm³/mol. The fourth-order valence-corrected chi connectivity index (χ4v) is 2.76. The standard InChI is InChI=1S/C17H28/c1-6-7-8-9-16(5)17(14(2)3)12-10-15(4)11-13-17/h9-10H,2,6-8,11-13H2,1,3-5H3. The molecule has 1 rings (SSSR count). The van der Waals surface area contributed by atoms with Crippen molar-refractivity contribution in [3.05, 3.63) is 35.5 Å². The Morgan fingerprint density at radius 2 is 2.18 bits per heavy atom. The molecule has 0 spiro atoms. The summed E-state index contributed by atoms with van der Waals surface area (Å²) < 4.78 is 0. The van der Waals surface area contributed by atoms with Crippen LogP contribution < -0.4 is 0 Å². The average molecular weight is 232 g/mol. The van der Waals surface area contributed by atoms with Crippen molar-refractivity contribution in [1.82, 2.24) is 0 Å². The van der Waals surface area contributed by atoms with Crippen LogP contribution in [-0.2, 0) is 0 Å². The first-order valence-electron chi connectivity index (χ1n) is 7.02. The lowest BCUT2D eigenvalue weighted by Gasteiger charge is -2.38. The van der Waals surface area contributed by atoms with Crippen LogP contribution in [0, 0.1) is 5.41 Å². The molecule has 0 heterocycles. The van der Waals surface area contributed by atoms with E-state index in [4.69, 9.17) is 0 Å². The zero-order chi connectivity index (χ0) is 12.9. The van der Waals surface area contributed by atoms with Crippen molar-refractivity contribution in [2.75, 3.05) is 0 Å². The summed E-state index contributed by atoms with van der Waals surface area (Å²) >= 11 is 0. The Morgan fingerprint density at radius 1 is 1.47 bits per heavy atom. The fraction of sp³-hybridized carbons (Fsp3) is 0.647. The maximum atomic E-state index is 4.26. The van der Waals surface area contributed by atoms with Crippen molar-refractivity contribution in [3.63, 3.8) is 0 Å². The molecule has 0 radical (unpaired) electrons. The monoisotopic (exact) mass is 232 g/mol. The van der Waals surface area contributed by atoms with Crippen LogP contribution in [0.4, 0.5) is 0 Å². The molecule has 0 aromatic rings. The number of rotatable bonds is 5. The van der Waals surface area contributed by atoms with Gasteiger partial charge in [0.05, 0.1) is 0 Å². The Balaban J connectivity index is 2.86. The third-order valence-corrected chi connectivity index (χ3v) is 4.33. The number of hydrogen-bond acceptors (Lipinski definition) is 0. The summed E-state index contributed by atoms with van der Waals surface area (Å²) in [6, 6.07) is 0. The van der Waals surface area contributed by atoms with E-state index in [-0.39, 0.29) is 5.41 Å². The lowest BCUT2D eigenvalue weighted by Crippen LogP contribution is -2.25. The lowest BCUT2D eigenvalue weighted by molar-refractivity contribution is 0.380. The van der Waals surface area contributed by atoms with E-state index >= 15 is 0 Å². The molecule has 0 saturated carbocycles. The summed E-state index contributed by atoms with van der Waals surface area (Å²) in [7, 11) is 0. The first-order chi connectivity index (χ1) is 8.03. The molecule has 0 amide bonds. The molecule has 0 N–H and O–H groups in total. The van der Waals surface area contributed by atoms with Crippen LogP contribution in [0.25, 0.3) is 0 Å². The van der Waals surface area contributed by atoms with Gasteiger partial charge in [-0.15, -0.1) is 0 Å². The van der Waals surface area contributed by atoms with Gasteiger partial charge in [0.1, 0.15) is 0 Å². The third kappa shape index (κ3) is 3.34. The van der Waals surface area contributed by atoms with Gasteiger partial charge in [-0.3, -0.25) is 0 Å². The lowest BCUT2D eigenvalue weighted by atomic mass is 9.66. The van der Waals surface area contributed by atoms with E-state index in [9.17, 15) is 0 Å². The predicted octanol–water partition coefficient (Wildman–Crippen LogP) is 5.82. The minimum absolute atomic E-state index is 0.257. The van der Waals surface area contributed by atoms with Gasteiger partial charge in [-0.2, -0.15) is 0 Å². The minimum Gasteiger partial charge on any atom is -0.0992 e. The zero-order valence-corrected chi connectivity index (χ0v) is 12.1. The van der Waals surface area contributed by atoms with Crippen molar-refractivity contribution >= 4 is 0 Å². The molecule has 0 nitrogen and oxygen atoms in total. The second-order valence-corrected chi connectivity index (χ2v) is 5.65. The Kier molecular flexibility index (Phi) is 5.24. The third-order valence-electron chi connectivity index (χ3n) is 4.33. The summed E-state index contributed by atoms with van der Waals surface area (Å²) in [5.41, 5.74) is 4.68. The Labute approximate surface area is 108 Å². The van der Waals surface area contributed by atoms with E-state index in [1.165, 1.54) is 37.7 Å². The van der Waals surface area contributed by atoms with Crippen LogP contribution in [0.15, 0.2) is 35.5 Å². The van der Waals surface area contributed by atoms with Gasteiger partial charge < -0.3 is 0 Å². The van der Waals surface area contributed by atoms with Crippen LogP contribution in [-0.4, -0.2) is 0 Å². The Hall–Kier alpha value is -0.780. The van der Waals surface area contributed by atoms with E-state index in [2.05, 4.69) is 46.4 Å². The van der Waals surface area contributed by atoms with Gasteiger partial charge in [-0.05, 0) is 46.5 Å². The molecule has 96 valence electrons. The molecular formula is C17H28. The Bertz CT molecular complexity index is 330. The smallest absolute Gasteiger partial charge is 0.0150 e. The molecule has 1 atom stereocenters. The summed E-state index contributed by atoms with van der Waals surface area (Å²) in [4.78, 5) is 0. The number of hydrogen-bond donors (Lipinski definition) is 0. The van der Waals surface area contributed by atoms with Gasteiger partial charge >= 0.3 is 0 Å². The number of allylic oxidation sites excluding steroid dienone is 5. The molecule has 1 aliphatic carbocycles.